The van der Waals surface area contributed by atoms with Gasteiger partial charge in [-0.3, -0.25) is 0 Å². The van der Waals surface area contributed by atoms with Crippen molar-refractivity contribution in [3.05, 3.63) is 30.2 Å². The van der Waals surface area contributed by atoms with E-state index in [-0.39, 0.29) is 0 Å². The van der Waals surface area contributed by atoms with Gasteiger partial charge in [0.1, 0.15) is 18.0 Å². The van der Waals surface area contributed by atoms with Crippen LogP contribution in [0.4, 0.5) is 11.6 Å². The molecule has 8 nitrogen and oxygen atoms in total. The van der Waals surface area contributed by atoms with Gasteiger partial charge in [0.25, 0.3) is 0 Å². The summed E-state index contributed by atoms with van der Waals surface area (Å²) >= 11 is 1.58. The highest BCUT2D eigenvalue weighted by Gasteiger charge is 2.20. The molecule has 0 aliphatic carbocycles. The molecule has 1 saturated heterocycles. The number of piperazine rings is 1. The quantitative estimate of drug-likeness (QED) is 0.520. The molecule has 0 unspecified atom stereocenters. The van der Waals surface area contributed by atoms with Crippen molar-refractivity contribution in [1.29, 1.82) is 0 Å². The van der Waals surface area contributed by atoms with Gasteiger partial charge in [0.05, 0.1) is 0 Å². The van der Waals surface area contributed by atoms with Crippen LogP contribution in [0.3, 0.4) is 0 Å². The summed E-state index contributed by atoms with van der Waals surface area (Å²) in [5, 5.41) is 13.3. The molecule has 0 aromatic carbocycles. The molecule has 3 aromatic rings. The number of anilines is 2. The maximum Gasteiger partial charge on any atom is 0.189 e. The summed E-state index contributed by atoms with van der Waals surface area (Å²) in [4.78, 5) is 13.6. The van der Waals surface area contributed by atoms with Crippen LogP contribution >= 0.6 is 11.8 Å². The zero-order valence-electron chi connectivity index (χ0n) is 13.6. The van der Waals surface area contributed by atoms with Crippen LogP contribution in [0.2, 0.25) is 0 Å². The Hall–Kier alpha value is -2.42. The van der Waals surface area contributed by atoms with E-state index in [0.717, 1.165) is 54.3 Å². The molecule has 4 rings (SSSR count). The standard InChI is InChI=1S/C15H18N8S/c1-11-9-14(18-15(17-11)24-2)22-7-5-21(6-8-22)13-4-3-12-19-16-10-23(12)20-13/h3-4,9-10H,5-8H2,1-2H3. The number of aryl methyl sites for hydroxylation is 1. The van der Waals surface area contributed by atoms with Gasteiger partial charge in [-0.05, 0) is 25.3 Å². The third-order valence-electron chi connectivity index (χ3n) is 4.08. The van der Waals surface area contributed by atoms with Gasteiger partial charge in [-0.15, -0.1) is 15.3 Å². The monoisotopic (exact) mass is 342 g/mol. The number of rotatable bonds is 3. The van der Waals surface area contributed by atoms with Crippen LogP contribution in [0.15, 0.2) is 29.7 Å². The molecule has 9 heteroatoms. The molecule has 4 heterocycles. The molecule has 0 radical (unpaired) electrons. The molecule has 1 aliphatic rings. The van der Waals surface area contributed by atoms with Gasteiger partial charge in [-0.1, -0.05) is 11.8 Å². The Kier molecular flexibility index (Phi) is 3.93. The predicted molar refractivity (Wildman–Crippen MR) is 93.8 cm³/mol. The summed E-state index contributed by atoms with van der Waals surface area (Å²) in [7, 11) is 0. The largest absolute Gasteiger partial charge is 0.353 e. The Balaban J connectivity index is 1.49. The first-order chi connectivity index (χ1) is 11.7. The van der Waals surface area contributed by atoms with E-state index in [1.807, 2.05) is 25.3 Å². The first kappa shape index (κ1) is 15.1. The van der Waals surface area contributed by atoms with Crippen LogP contribution in [0.1, 0.15) is 5.69 Å². The second kappa shape index (κ2) is 6.23. The molecule has 1 aliphatic heterocycles. The van der Waals surface area contributed by atoms with E-state index in [9.17, 15) is 0 Å². The van der Waals surface area contributed by atoms with Crippen molar-refractivity contribution < 1.29 is 0 Å². The Morgan fingerprint density at radius 3 is 2.50 bits per heavy atom. The summed E-state index contributed by atoms with van der Waals surface area (Å²) in [6, 6.07) is 6.00. The second-order valence-electron chi connectivity index (χ2n) is 5.65. The topological polar surface area (TPSA) is 75.3 Å². The normalized spacial score (nSPS) is 15.2. The second-order valence-corrected chi connectivity index (χ2v) is 6.43. The fourth-order valence-electron chi connectivity index (χ4n) is 2.83. The van der Waals surface area contributed by atoms with E-state index in [2.05, 4.69) is 41.1 Å². The van der Waals surface area contributed by atoms with E-state index < -0.39 is 0 Å². The first-order valence-electron chi connectivity index (χ1n) is 7.79. The minimum Gasteiger partial charge on any atom is -0.353 e. The van der Waals surface area contributed by atoms with Crippen LogP contribution < -0.4 is 9.80 Å². The van der Waals surface area contributed by atoms with Crippen molar-refractivity contribution in [2.24, 2.45) is 0 Å². The maximum absolute atomic E-state index is 4.63. The number of hydrogen-bond donors (Lipinski definition) is 0. The molecule has 3 aromatic heterocycles. The van der Waals surface area contributed by atoms with Gasteiger partial charge < -0.3 is 9.80 Å². The van der Waals surface area contributed by atoms with E-state index in [4.69, 9.17) is 0 Å². The molecule has 0 bridgehead atoms. The fraction of sp³-hybridized carbons (Fsp3) is 0.400. The minimum atomic E-state index is 0.762. The summed E-state index contributed by atoms with van der Waals surface area (Å²) in [5.74, 6) is 1.96. The summed E-state index contributed by atoms with van der Waals surface area (Å²) in [5.41, 5.74) is 1.77. The lowest BCUT2D eigenvalue weighted by atomic mass is 10.3. The van der Waals surface area contributed by atoms with Crippen LogP contribution in [0, 0.1) is 6.92 Å². The van der Waals surface area contributed by atoms with Crippen LogP contribution in [0.5, 0.6) is 0 Å². The molecule has 1 fully saturated rings. The molecule has 0 atom stereocenters. The SMILES string of the molecule is CSc1nc(C)cc(N2CCN(c3ccc4nncn4n3)CC2)n1. The van der Waals surface area contributed by atoms with Gasteiger partial charge in [0.2, 0.25) is 0 Å². The molecule has 0 saturated carbocycles. The number of hydrogen-bond acceptors (Lipinski definition) is 8. The van der Waals surface area contributed by atoms with Gasteiger partial charge in [0, 0.05) is 37.9 Å². The highest BCUT2D eigenvalue weighted by molar-refractivity contribution is 7.98. The summed E-state index contributed by atoms with van der Waals surface area (Å²) in [6.45, 7) is 5.63. The van der Waals surface area contributed by atoms with Crippen molar-refractivity contribution in [3.8, 4) is 0 Å². The molecule has 0 N–H and O–H groups in total. The smallest absolute Gasteiger partial charge is 0.189 e. The molecule has 0 spiro atoms. The lowest BCUT2D eigenvalue weighted by Crippen LogP contribution is -2.47. The summed E-state index contributed by atoms with van der Waals surface area (Å²) in [6.07, 6.45) is 3.63. The van der Waals surface area contributed by atoms with Gasteiger partial charge >= 0.3 is 0 Å². The average molecular weight is 342 g/mol. The Morgan fingerprint density at radius 1 is 1.00 bits per heavy atom. The molecule has 24 heavy (non-hydrogen) atoms. The maximum atomic E-state index is 4.63. The lowest BCUT2D eigenvalue weighted by Gasteiger charge is -2.36. The van der Waals surface area contributed by atoms with Crippen LogP contribution in [-0.4, -0.2) is 62.2 Å². The van der Waals surface area contributed by atoms with Crippen molar-refractivity contribution >= 4 is 29.0 Å². The van der Waals surface area contributed by atoms with Crippen LogP contribution in [-0.2, 0) is 0 Å². The Bertz CT molecular complexity index is 856. The van der Waals surface area contributed by atoms with Gasteiger partial charge in [-0.2, -0.15) is 4.52 Å². The third-order valence-corrected chi connectivity index (χ3v) is 4.63. The average Bonchev–Trinajstić information content (AvgIpc) is 3.09. The summed E-state index contributed by atoms with van der Waals surface area (Å²) < 4.78 is 1.71. The van der Waals surface area contributed by atoms with E-state index >= 15 is 0 Å². The van der Waals surface area contributed by atoms with E-state index in [0.29, 0.717) is 0 Å². The molecular formula is C15H18N8S. The van der Waals surface area contributed by atoms with E-state index in [1.54, 1.807) is 22.6 Å². The van der Waals surface area contributed by atoms with Crippen molar-refractivity contribution in [2.45, 2.75) is 12.1 Å². The Labute approximate surface area is 143 Å². The molecule has 124 valence electrons. The highest BCUT2D eigenvalue weighted by atomic mass is 32.2. The Morgan fingerprint density at radius 2 is 1.75 bits per heavy atom. The van der Waals surface area contributed by atoms with Gasteiger partial charge in [-0.25, -0.2) is 9.97 Å². The van der Waals surface area contributed by atoms with Crippen molar-refractivity contribution in [3.63, 3.8) is 0 Å². The number of fused-ring (bicyclic) bond motifs is 1. The number of thioether (sulfide) groups is 1. The van der Waals surface area contributed by atoms with Crippen molar-refractivity contribution in [1.82, 2.24) is 29.8 Å². The zero-order chi connectivity index (χ0) is 16.5. The fourth-order valence-corrected chi connectivity index (χ4v) is 3.25. The van der Waals surface area contributed by atoms with Crippen molar-refractivity contribution in [2.75, 3.05) is 42.2 Å². The lowest BCUT2D eigenvalue weighted by molar-refractivity contribution is 0.632. The highest BCUT2D eigenvalue weighted by Crippen LogP contribution is 2.20. The third kappa shape index (κ3) is 2.86. The van der Waals surface area contributed by atoms with Crippen LogP contribution in [0.25, 0.3) is 5.65 Å². The minimum absolute atomic E-state index is 0.762. The predicted octanol–water partition coefficient (Wildman–Crippen LogP) is 1.27. The van der Waals surface area contributed by atoms with E-state index in [1.165, 1.54) is 0 Å². The number of nitrogens with zero attached hydrogens (tertiary/aromatic N) is 8. The first-order valence-corrected chi connectivity index (χ1v) is 9.02. The molecular weight excluding hydrogens is 324 g/mol. The van der Waals surface area contributed by atoms with Gasteiger partial charge in [0.15, 0.2) is 10.8 Å². The number of aromatic nitrogens is 6. The molecule has 0 amide bonds. The zero-order valence-corrected chi connectivity index (χ0v) is 14.4.